The molecule has 2 aromatic carbocycles. The zero-order valence-corrected chi connectivity index (χ0v) is 23.0. The van der Waals surface area contributed by atoms with E-state index in [0.717, 1.165) is 15.6 Å². The van der Waals surface area contributed by atoms with E-state index in [0.29, 0.717) is 27.8 Å². The Morgan fingerprint density at radius 3 is 2.24 bits per heavy atom. The second kappa shape index (κ2) is 11.6. The standard InChI is InChI=1S/C25H31BrCl2N2O3/c1-7-21(24(32)29-25(4,5)6)30(13-17-8-9-18(27)12-20(17)28)22(31)14-33-19-10-15(2)23(26)16(3)11-19/h8-12,21H,7,13-14H2,1-6H3,(H,29,32)/t21-/m0/s1. The van der Waals surface area contributed by atoms with Crippen molar-refractivity contribution < 1.29 is 14.3 Å². The predicted octanol–water partition coefficient (Wildman–Crippen LogP) is 6.47. The fourth-order valence-electron chi connectivity index (χ4n) is 3.42. The Morgan fingerprint density at radius 1 is 1.12 bits per heavy atom. The lowest BCUT2D eigenvalue weighted by Gasteiger charge is -2.33. The van der Waals surface area contributed by atoms with E-state index < -0.39 is 11.6 Å². The summed E-state index contributed by atoms with van der Waals surface area (Å²) in [7, 11) is 0. The zero-order chi connectivity index (χ0) is 24.9. The van der Waals surface area contributed by atoms with E-state index in [-0.39, 0.29) is 25.0 Å². The number of hydrogen-bond acceptors (Lipinski definition) is 3. The average Bonchev–Trinajstić information content (AvgIpc) is 2.70. The summed E-state index contributed by atoms with van der Waals surface area (Å²) in [4.78, 5) is 27.9. The highest BCUT2D eigenvalue weighted by atomic mass is 79.9. The van der Waals surface area contributed by atoms with Crippen molar-refractivity contribution in [3.8, 4) is 5.75 Å². The normalized spacial score (nSPS) is 12.3. The molecule has 0 fully saturated rings. The van der Waals surface area contributed by atoms with Crippen LogP contribution in [0.5, 0.6) is 5.75 Å². The van der Waals surface area contributed by atoms with Crippen molar-refractivity contribution >= 4 is 50.9 Å². The van der Waals surface area contributed by atoms with E-state index in [2.05, 4.69) is 21.2 Å². The average molecular weight is 558 g/mol. The first-order chi connectivity index (χ1) is 15.3. The number of amides is 2. The molecule has 0 aliphatic rings. The molecule has 0 radical (unpaired) electrons. The fraction of sp³-hybridized carbons (Fsp3) is 0.440. The van der Waals surface area contributed by atoms with Crippen molar-refractivity contribution in [3.63, 3.8) is 0 Å². The number of carbonyl (C=O) groups is 2. The number of nitrogens with zero attached hydrogens (tertiary/aromatic N) is 1. The van der Waals surface area contributed by atoms with Gasteiger partial charge in [0.1, 0.15) is 11.8 Å². The molecule has 1 atom stereocenters. The molecule has 0 bridgehead atoms. The summed E-state index contributed by atoms with van der Waals surface area (Å²) < 4.78 is 6.83. The number of carbonyl (C=O) groups excluding carboxylic acids is 2. The van der Waals surface area contributed by atoms with E-state index in [1.54, 1.807) is 18.2 Å². The van der Waals surface area contributed by atoms with Crippen LogP contribution in [-0.4, -0.2) is 34.9 Å². The van der Waals surface area contributed by atoms with Crippen molar-refractivity contribution in [3.05, 3.63) is 61.5 Å². The second-order valence-electron chi connectivity index (χ2n) is 9.08. The first-order valence-corrected chi connectivity index (χ1v) is 12.3. The van der Waals surface area contributed by atoms with Gasteiger partial charge in [0.2, 0.25) is 5.91 Å². The van der Waals surface area contributed by atoms with Crippen LogP contribution in [0.4, 0.5) is 0 Å². The monoisotopic (exact) mass is 556 g/mol. The van der Waals surface area contributed by atoms with Crippen LogP contribution in [0.15, 0.2) is 34.8 Å². The van der Waals surface area contributed by atoms with Gasteiger partial charge in [-0.15, -0.1) is 0 Å². The number of nitrogens with one attached hydrogen (secondary N) is 1. The fourth-order valence-corrected chi connectivity index (χ4v) is 4.12. The molecule has 0 aliphatic carbocycles. The van der Waals surface area contributed by atoms with Crippen LogP contribution in [0, 0.1) is 13.8 Å². The van der Waals surface area contributed by atoms with Gasteiger partial charge in [0.25, 0.3) is 5.91 Å². The van der Waals surface area contributed by atoms with Gasteiger partial charge in [-0.3, -0.25) is 9.59 Å². The third-order valence-corrected chi connectivity index (χ3v) is 6.85. The molecule has 0 unspecified atom stereocenters. The maximum absolute atomic E-state index is 13.3. The lowest BCUT2D eigenvalue weighted by atomic mass is 10.1. The third-order valence-electron chi connectivity index (χ3n) is 5.01. The molecule has 2 amide bonds. The first kappa shape index (κ1) is 27.5. The molecule has 0 aliphatic heterocycles. The summed E-state index contributed by atoms with van der Waals surface area (Å²) in [6.07, 6.45) is 0.440. The number of rotatable bonds is 8. The van der Waals surface area contributed by atoms with Gasteiger partial charge in [-0.2, -0.15) is 0 Å². The minimum Gasteiger partial charge on any atom is -0.484 e. The summed E-state index contributed by atoms with van der Waals surface area (Å²) >= 11 is 15.9. The van der Waals surface area contributed by atoms with Gasteiger partial charge in [0.05, 0.1) is 0 Å². The molecular formula is C25H31BrCl2N2O3. The Hall–Kier alpha value is -1.76. The highest BCUT2D eigenvalue weighted by Crippen LogP contribution is 2.27. The van der Waals surface area contributed by atoms with Gasteiger partial charge >= 0.3 is 0 Å². The summed E-state index contributed by atoms with van der Waals surface area (Å²) in [6, 6.07) is 8.16. The van der Waals surface area contributed by atoms with Crippen LogP contribution in [0.1, 0.15) is 50.8 Å². The van der Waals surface area contributed by atoms with Crippen LogP contribution in [0.2, 0.25) is 10.0 Å². The minimum atomic E-state index is -0.680. The second-order valence-corrected chi connectivity index (χ2v) is 10.7. The van der Waals surface area contributed by atoms with Crippen LogP contribution in [0.25, 0.3) is 0 Å². The van der Waals surface area contributed by atoms with E-state index >= 15 is 0 Å². The summed E-state index contributed by atoms with van der Waals surface area (Å²) in [5.41, 5.74) is 2.29. The maximum Gasteiger partial charge on any atom is 0.261 e. The third kappa shape index (κ3) is 7.90. The van der Waals surface area contributed by atoms with Crippen LogP contribution < -0.4 is 10.1 Å². The number of benzene rings is 2. The van der Waals surface area contributed by atoms with Gasteiger partial charge in [-0.05, 0) is 82.0 Å². The van der Waals surface area contributed by atoms with E-state index in [4.69, 9.17) is 27.9 Å². The Bertz CT molecular complexity index is 998. The van der Waals surface area contributed by atoms with Crippen molar-refractivity contribution in [1.29, 1.82) is 0 Å². The van der Waals surface area contributed by atoms with Crippen molar-refractivity contribution in [2.24, 2.45) is 0 Å². The smallest absolute Gasteiger partial charge is 0.261 e. The highest BCUT2D eigenvalue weighted by molar-refractivity contribution is 9.10. The molecule has 8 heteroatoms. The van der Waals surface area contributed by atoms with Gasteiger partial charge in [-0.1, -0.05) is 52.1 Å². The number of hydrogen-bond donors (Lipinski definition) is 1. The molecule has 180 valence electrons. The molecule has 2 aromatic rings. The van der Waals surface area contributed by atoms with E-state index in [1.807, 2.05) is 53.7 Å². The summed E-state index contributed by atoms with van der Waals surface area (Å²) in [6.45, 7) is 11.5. The molecule has 1 N–H and O–H groups in total. The lowest BCUT2D eigenvalue weighted by Crippen LogP contribution is -2.54. The van der Waals surface area contributed by atoms with Crippen molar-refractivity contribution in [2.75, 3.05) is 6.61 Å². The SMILES string of the molecule is CC[C@@H](C(=O)NC(C)(C)C)N(Cc1ccc(Cl)cc1Cl)C(=O)COc1cc(C)c(Br)c(C)c1. The van der Waals surface area contributed by atoms with Crippen LogP contribution in [0.3, 0.4) is 0 Å². The van der Waals surface area contributed by atoms with Gasteiger partial charge in [0.15, 0.2) is 6.61 Å². The van der Waals surface area contributed by atoms with Gasteiger partial charge in [-0.25, -0.2) is 0 Å². The van der Waals surface area contributed by atoms with Crippen molar-refractivity contribution in [2.45, 2.75) is 66.1 Å². The predicted molar refractivity (Wildman–Crippen MR) is 138 cm³/mol. The Balaban J connectivity index is 2.31. The largest absolute Gasteiger partial charge is 0.484 e. The number of ether oxygens (including phenoxy) is 1. The van der Waals surface area contributed by atoms with E-state index in [1.165, 1.54) is 4.90 Å². The molecule has 33 heavy (non-hydrogen) atoms. The number of aryl methyl sites for hydroxylation is 2. The van der Waals surface area contributed by atoms with Crippen LogP contribution in [-0.2, 0) is 16.1 Å². The number of halogens is 3. The molecule has 2 rings (SSSR count). The molecule has 5 nitrogen and oxygen atoms in total. The molecule has 0 aromatic heterocycles. The van der Waals surface area contributed by atoms with Crippen LogP contribution >= 0.6 is 39.1 Å². The molecule has 0 saturated carbocycles. The quantitative estimate of drug-likeness (QED) is 0.404. The van der Waals surface area contributed by atoms with E-state index in [9.17, 15) is 9.59 Å². The zero-order valence-electron chi connectivity index (χ0n) is 19.9. The summed E-state index contributed by atoms with van der Waals surface area (Å²) in [5, 5.41) is 3.92. The topological polar surface area (TPSA) is 58.6 Å². The van der Waals surface area contributed by atoms with Gasteiger partial charge < -0.3 is 15.0 Å². The van der Waals surface area contributed by atoms with Crippen molar-refractivity contribution in [1.82, 2.24) is 10.2 Å². The Morgan fingerprint density at radius 2 is 1.73 bits per heavy atom. The van der Waals surface area contributed by atoms with Gasteiger partial charge in [0, 0.05) is 26.6 Å². The first-order valence-electron chi connectivity index (χ1n) is 10.8. The molecular weight excluding hydrogens is 527 g/mol. The minimum absolute atomic E-state index is 0.159. The summed E-state index contributed by atoms with van der Waals surface area (Å²) in [5.74, 6) is 0.0622. The lowest BCUT2D eigenvalue weighted by molar-refractivity contribution is -0.143. The molecule has 0 saturated heterocycles. The Labute approximate surface area is 214 Å². The molecule has 0 spiro atoms. The highest BCUT2D eigenvalue weighted by Gasteiger charge is 2.31. The Kier molecular flexibility index (Phi) is 9.65. The molecule has 0 heterocycles. The maximum atomic E-state index is 13.3.